The summed E-state index contributed by atoms with van der Waals surface area (Å²) >= 11 is 5.79. The molecule has 1 N–H and O–H groups in total. The lowest BCUT2D eigenvalue weighted by Crippen LogP contribution is -2.27. The molecule has 5 heteroatoms. The molecule has 0 aliphatic rings. The number of carbonyl (C=O) groups excluding carboxylic acids is 1. The van der Waals surface area contributed by atoms with E-state index in [1.165, 1.54) is 0 Å². The van der Waals surface area contributed by atoms with Gasteiger partial charge in [0.1, 0.15) is 6.61 Å². The molecule has 0 saturated carbocycles. The third-order valence-electron chi connectivity index (χ3n) is 1.67. The van der Waals surface area contributed by atoms with E-state index in [0.717, 1.165) is 0 Å². The van der Waals surface area contributed by atoms with Crippen LogP contribution in [0.15, 0.2) is 18.3 Å². The van der Waals surface area contributed by atoms with Crippen LogP contribution in [0, 0.1) is 0 Å². The Morgan fingerprint density at radius 1 is 1.56 bits per heavy atom. The lowest BCUT2D eigenvalue weighted by Gasteiger charge is -2.19. The molecule has 0 unspecified atom stereocenters. The Hall–Kier alpha value is -1.13. The first-order valence-electron chi connectivity index (χ1n) is 4.93. The molecule has 4 nitrogen and oxygen atoms in total. The number of hydrogen-bond acceptors (Lipinski definition) is 3. The second-order valence-electron chi connectivity index (χ2n) is 4.29. The van der Waals surface area contributed by atoms with Crippen LogP contribution in [-0.2, 0) is 9.53 Å². The summed E-state index contributed by atoms with van der Waals surface area (Å²) in [6.45, 7) is 5.65. The normalized spacial score (nSPS) is 11.2. The van der Waals surface area contributed by atoms with Gasteiger partial charge in [0.15, 0.2) is 5.15 Å². The predicted molar refractivity (Wildman–Crippen MR) is 63.6 cm³/mol. The third kappa shape index (κ3) is 4.59. The molecule has 1 aromatic rings. The highest BCUT2D eigenvalue weighted by atomic mass is 35.5. The first-order valence-corrected chi connectivity index (χ1v) is 5.30. The van der Waals surface area contributed by atoms with Gasteiger partial charge in [-0.25, -0.2) is 4.98 Å². The van der Waals surface area contributed by atoms with E-state index >= 15 is 0 Å². The van der Waals surface area contributed by atoms with Crippen LogP contribution in [0.5, 0.6) is 0 Å². The van der Waals surface area contributed by atoms with Gasteiger partial charge < -0.3 is 10.1 Å². The number of hydrogen-bond donors (Lipinski definition) is 1. The van der Waals surface area contributed by atoms with Crippen LogP contribution >= 0.6 is 11.6 Å². The SMILES string of the molecule is CC(C)(C)OCC(=O)Nc1cccnc1Cl. The molecule has 0 atom stereocenters. The van der Waals surface area contributed by atoms with Gasteiger partial charge >= 0.3 is 0 Å². The highest BCUT2D eigenvalue weighted by Gasteiger charge is 2.13. The monoisotopic (exact) mass is 242 g/mol. The second kappa shape index (κ2) is 5.27. The Balaban J connectivity index is 2.50. The highest BCUT2D eigenvalue weighted by Crippen LogP contribution is 2.17. The summed E-state index contributed by atoms with van der Waals surface area (Å²) in [7, 11) is 0. The van der Waals surface area contributed by atoms with Gasteiger partial charge in [-0.05, 0) is 32.9 Å². The van der Waals surface area contributed by atoms with Gasteiger partial charge in [0.05, 0.1) is 11.3 Å². The van der Waals surface area contributed by atoms with E-state index in [-0.39, 0.29) is 23.3 Å². The van der Waals surface area contributed by atoms with Gasteiger partial charge in [-0.1, -0.05) is 11.6 Å². The number of nitrogens with one attached hydrogen (secondary N) is 1. The standard InChI is InChI=1S/C11H15ClN2O2/c1-11(2,3)16-7-9(15)14-8-5-4-6-13-10(8)12/h4-6H,7H2,1-3H3,(H,14,15). The first kappa shape index (κ1) is 12.9. The number of amides is 1. The van der Waals surface area contributed by atoms with Crippen molar-refractivity contribution in [2.24, 2.45) is 0 Å². The van der Waals surface area contributed by atoms with Crippen LogP contribution in [0.1, 0.15) is 20.8 Å². The van der Waals surface area contributed by atoms with Crippen molar-refractivity contribution in [2.75, 3.05) is 11.9 Å². The average Bonchev–Trinajstić information content (AvgIpc) is 2.18. The van der Waals surface area contributed by atoms with Gasteiger partial charge in [-0.15, -0.1) is 0 Å². The van der Waals surface area contributed by atoms with E-state index in [2.05, 4.69) is 10.3 Å². The van der Waals surface area contributed by atoms with Gasteiger partial charge in [0.25, 0.3) is 0 Å². The minimum absolute atomic E-state index is 0.00523. The fraction of sp³-hybridized carbons (Fsp3) is 0.455. The van der Waals surface area contributed by atoms with Crippen molar-refractivity contribution in [2.45, 2.75) is 26.4 Å². The maximum atomic E-state index is 11.5. The molecule has 0 saturated heterocycles. The summed E-state index contributed by atoms with van der Waals surface area (Å²) in [5.74, 6) is -0.246. The van der Waals surface area contributed by atoms with Gasteiger partial charge in [-0.2, -0.15) is 0 Å². The van der Waals surface area contributed by atoms with Crippen molar-refractivity contribution in [1.82, 2.24) is 4.98 Å². The average molecular weight is 243 g/mol. The minimum Gasteiger partial charge on any atom is -0.366 e. The van der Waals surface area contributed by atoms with Crippen molar-refractivity contribution in [3.63, 3.8) is 0 Å². The molecule has 0 spiro atoms. The summed E-state index contributed by atoms with van der Waals surface area (Å²) in [6, 6.07) is 3.39. The van der Waals surface area contributed by atoms with Crippen molar-refractivity contribution < 1.29 is 9.53 Å². The fourth-order valence-corrected chi connectivity index (χ4v) is 1.11. The van der Waals surface area contributed by atoms with E-state index in [4.69, 9.17) is 16.3 Å². The second-order valence-corrected chi connectivity index (χ2v) is 4.65. The van der Waals surface area contributed by atoms with Crippen LogP contribution in [-0.4, -0.2) is 23.1 Å². The van der Waals surface area contributed by atoms with E-state index in [9.17, 15) is 4.79 Å². The lowest BCUT2D eigenvalue weighted by atomic mass is 10.2. The molecule has 0 aliphatic carbocycles. The Morgan fingerprint density at radius 3 is 2.81 bits per heavy atom. The zero-order valence-electron chi connectivity index (χ0n) is 9.58. The highest BCUT2D eigenvalue weighted by molar-refractivity contribution is 6.32. The summed E-state index contributed by atoms with van der Waals surface area (Å²) in [4.78, 5) is 15.3. The number of pyridine rings is 1. The number of aromatic nitrogens is 1. The third-order valence-corrected chi connectivity index (χ3v) is 1.97. The topological polar surface area (TPSA) is 51.2 Å². The quantitative estimate of drug-likeness (QED) is 0.829. The zero-order chi connectivity index (χ0) is 12.2. The molecule has 1 rings (SSSR count). The molecule has 1 heterocycles. The molecule has 88 valence electrons. The van der Waals surface area contributed by atoms with Crippen molar-refractivity contribution >= 4 is 23.2 Å². The van der Waals surface area contributed by atoms with Crippen LogP contribution in [0.2, 0.25) is 5.15 Å². The number of rotatable bonds is 3. The van der Waals surface area contributed by atoms with E-state index < -0.39 is 0 Å². The number of carbonyl (C=O) groups is 1. The smallest absolute Gasteiger partial charge is 0.250 e. The first-order chi connectivity index (χ1) is 7.38. The van der Waals surface area contributed by atoms with Crippen LogP contribution in [0.3, 0.4) is 0 Å². The fourth-order valence-electron chi connectivity index (χ4n) is 0.948. The minimum atomic E-state index is -0.337. The van der Waals surface area contributed by atoms with Gasteiger partial charge in [0.2, 0.25) is 5.91 Å². The number of halogens is 1. The lowest BCUT2D eigenvalue weighted by molar-refractivity contribution is -0.125. The molecular formula is C11H15ClN2O2. The molecule has 0 bridgehead atoms. The van der Waals surface area contributed by atoms with Crippen LogP contribution in [0.4, 0.5) is 5.69 Å². The molecule has 0 aliphatic heterocycles. The van der Waals surface area contributed by atoms with Crippen molar-refractivity contribution in [3.8, 4) is 0 Å². The number of anilines is 1. The predicted octanol–water partition coefficient (Wildman–Crippen LogP) is 2.49. The molecular weight excluding hydrogens is 228 g/mol. The molecule has 0 aromatic carbocycles. The molecule has 16 heavy (non-hydrogen) atoms. The Bertz CT molecular complexity index is 374. The summed E-state index contributed by atoms with van der Waals surface area (Å²) < 4.78 is 5.33. The maximum Gasteiger partial charge on any atom is 0.250 e. The van der Waals surface area contributed by atoms with Crippen molar-refractivity contribution in [3.05, 3.63) is 23.5 Å². The Morgan fingerprint density at radius 2 is 2.25 bits per heavy atom. The van der Waals surface area contributed by atoms with E-state index in [1.54, 1.807) is 18.3 Å². The summed E-state index contributed by atoms with van der Waals surface area (Å²) in [6.07, 6.45) is 1.56. The van der Waals surface area contributed by atoms with Gasteiger partial charge in [-0.3, -0.25) is 4.79 Å². The summed E-state index contributed by atoms with van der Waals surface area (Å²) in [5, 5.41) is 2.89. The molecule has 1 aromatic heterocycles. The number of ether oxygens (including phenoxy) is 1. The maximum absolute atomic E-state index is 11.5. The van der Waals surface area contributed by atoms with Crippen LogP contribution in [0.25, 0.3) is 0 Å². The van der Waals surface area contributed by atoms with E-state index in [1.807, 2.05) is 20.8 Å². The molecule has 1 amide bonds. The Kier molecular flexibility index (Phi) is 4.26. The number of nitrogens with zero attached hydrogens (tertiary/aromatic N) is 1. The zero-order valence-corrected chi connectivity index (χ0v) is 10.3. The molecule has 0 fully saturated rings. The summed E-state index contributed by atoms with van der Waals surface area (Å²) in [5.41, 5.74) is 0.155. The Labute approximate surface area is 100.0 Å². The van der Waals surface area contributed by atoms with Gasteiger partial charge in [0, 0.05) is 6.20 Å². The largest absolute Gasteiger partial charge is 0.366 e. The molecule has 0 radical (unpaired) electrons. The van der Waals surface area contributed by atoms with Crippen LogP contribution < -0.4 is 5.32 Å². The van der Waals surface area contributed by atoms with E-state index in [0.29, 0.717) is 5.69 Å². The van der Waals surface area contributed by atoms with Crippen molar-refractivity contribution in [1.29, 1.82) is 0 Å².